The number of nitrogens with two attached hydrogens (primary N) is 1. The topological polar surface area (TPSA) is 60.0 Å². The Labute approximate surface area is 120 Å². The Kier molecular flexibility index (Phi) is 5.26. The molecular weight excluding hydrogens is 250 g/mol. The Morgan fingerprint density at radius 2 is 2.25 bits per heavy atom. The Bertz CT molecular complexity index is 508. The number of pyridine rings is 1. The molecule has 2 heterocycles. The highest BCUT2D eigenvalue weighted by Gasteiger charge is 2.17. The lowest BCUT2D eigenvalue weighted by Crippen LogP contribution is -2.30. The van der Waals surface area contributed by atoms with Gasteiger partial charge in [-0.25, -0.2) is 0 Å². The van der Waals surface area contributed by atoms with Crippen LogP contribution >= 0.6 is 0 Å². The smallest absolute Gasteiger partial charge is 0.0544 e. The summed E-state index contributed by atoms with van der Waals surface area (Å²) in [6.45, 7) is 4.44. The molecule has 20 heavy (non-hydrogen) atoms. The van der Waals surface area contributed by atoms with Crippen LogP contribution in [0.25, 0.3) is 0 Å². The number of rotatable bonds is 7. The number of nitrogens with zero attached hydrogens (tertiary/aromatic N) is 4. The first-order valence-corrected chi connectivity index (χ1v) is 7.07. The highest BCUT2D eigenvalue weighted by molar-refractivity contribution is 5.12. The summed E-state index contributed by atoms with van der Waals surface area (Å²) >= 11 is 0. The average molecular weight is 273 g/mol. The van der Waals surface area contributed by atoms with Crippen molar-refractivity contribution in [2.75, 3.05) is 13.6 Å². The van der Waals surface area contributed by atoms with Gasteiger partial charge in [-0.2, -0.15) is 5.10 Å². The summed E-state index contributed by atoms with van der Waals surface area (Å²) in [6.07, 6.45) is 6.91. The molecule has 0 amide bonds. The van der Waals surface area contributed by atoms with Crippen molar-refractivity contribution in [3.8, 4) is 0 Å². The predicted octanol–water partition coefficient (Wildman–Crippen LogP) is 1.82. The minimum absolute atomic E-state index is 0.169. The van der Waals surface area contributed by atoms with E-state index in [9.17, 15) is 0 Å². The van der Waals surface area contributed by atoms with Crippen molar-refractivity contribution in [3.63, 3.8) is 0 Å². The first-order chi connectivity index (χ1) is 9.74. The number of hydrogen-bond donors (Lipinski definition) is 1. The number of aromatic nitrogens is 3. The van der Waals surface area contributed by atoms with Crippen LogP contribution in [-0.2, 0) is 13.1 Å². The molecule has 0 spiro atoms. The normalized spacial score (nSPS) is 12.8. The van der Waals surface area contributed by atoms with Crippen LogP contribution in [0.4, 0.5) is 0 Å². The maximum atomic E-state index is 5.94. The first-order valence-electron chi connectivity index (χ1n) is 7.07. The molecule has 2 N–H and O–H groups in total. The summed E-state index contributed by atoms with van der Waals surface area (Å²) in [4.78, 5) is 6.58. The zero-order chi connectivity index (χ0) is 14.4. The second-order valence-electron chi connectivity index (χ2n) is 5.02. The van der Waals surface area contributed by atoms with E-state index in [1.807, 2.05) is 35.3 Å². The average Bonchev–Trinajstić information content (AvgIpc) is 2.89. The Morgan fingerprint density at radius 3 is 2.90 bits per heavy atom. The lowest BCUT2D eigenvalue weighted by molar-refractivity contribution is 0.239. The minimum Gasteiger partial charge on any atom is -0.329 e. The Balaban J connectivity index is 2.06. The van der Waals surface area contributed by atoms with Crippen LogP contribution in [0.1, 0.15) is 30.6 Å². The largest absolute Gasteiger partial charge is 0.329 e. The van der Waals surface area contributed by atoms with Gasteiger partial charge in [0.15, 0.2) is 0 Å². The molecule has 0 aliphatic heterocycles. The zero-order valence-corrected chi connectivity index (χ0v) is 12.2. The Hall–Kier alpha value is -1.72. The molecule has 108 valence electrons. The molecule has 1 atom stereocenters. The third-order valence-electron chi connectivity index (χ3n) is 3.38. The van der Waals surface area contributed by atoms with Crippen molar-refractivity contribution >= 4 is 0 Å². The summed E-state index contributed by atoms with van der Waals surface area (Å²) in [7, 11) is 2.07. The third-order valence-corrected chi connectivity index (χ3v) is 3.38. The monoisotopic (exact) mass is 273 g/mol. The highest BCUT2D eigenvalue weighted by atomic mass is 15.3. The first kappa shape index (κ1) is 14.7. The predicted molar refractivity (Wildman–Crippen MR) is 80.0 cm³/mol. The lowest BCUT2D eigenvalue weighted by atomic mass is 10.1. The number of likely N-dealkylation sites (N-methyl/N-ethyl adjacent to an activating group) is 1. The zero-order valence-electron chi connectivity index (χ0n) is 12.2. The van der Waals surface area contributed by atoms with E-state index in [1.165, 1.54) is 5.56 Å². The lowest BCUT2D eigenvalue weighted by Gasteiger charge is -2.25. The summed E-state index contributed by atoms with van der Waals surface area (Å²) in [5.74, 6) is 0. The third kappa shape index (κ3) is 3.65. The number of aryl methyl sites for hydroxylation is 1. The summed E-state index contributed by atoms with van der Waals surface area (Å²) < 4.78 is 1.98. The molecule has 0 saturated heterocycles. The summed E-state index contributed by atoms with van der Waals surface area (Å²) in [6, 6.07) is 6.14. The second kappa shape index (κ2) is 7.17. The van der Waals surface area contributed by atoms with E-state index in [4.69, 9.17) is 5.73 Å². The van der Waals surface area contributed by atoms with Gasteiger partial charge in [0.2, 0.25) is 0 Å². The van der Waals surface area contributed by atoms with Crippen LogP contribution < -0.4 is 5.73 Å². The molecule has 5 heteroatoms. The van der Waals surface area contributed by atoms with Crippen LogP contribution in [0.5, 0.6) is 0 Å². The fraction of sp³-hybridized carbons (Fsp3) is 0.467. The Morgan fingerprint density at radius 1 is 1.40 bits per heavy atom. The van der Waals surface area contributed by atoms with Crippen molar-refractivity contribution in [1.82, 2.24) is 19.7 Å². The van der Waals surface area contributed by atoms with Gasteiger partial charge in [-0.1, -0.05) is 13.0 Å². The van der Waals surface area contributed by atoms with Crippen molar-refractivity contribution in [1.29, 1.82) is 0 Å². The van der Waals surface area contributed by atoms with Gasteiger partial charge in [0.25, 0.3) is 0 Å². The van der Waals surface area contributed by atoms with Gasteiger partial charge in [0.05, 0.1) is 17.9 Å². The maximum Gasteiger partial charge on any atom is 0.0544 e. The minimum atomic E-state index is 0.169. The SMILES string of the molecule is CCCn1cc(C(CN)N(C)Cc2ccccn2)cn1. The number of hydrogen-bond acceptors (Lipinski definition) is 4. The molecule has 0 saturated carbocycles. The quantitative estimate of drug-likeness (QED) is 0.836. The van der Waals surface area contributed by atoms with Crippen molar-refractivity contribution in [2.45, 2.75) is 32.5 Å². The van der Waals surface area contributed by atoms with Crippen molar-refractivity contribution in [2.24, 2.45) is 5.73 Å². The molecular formula is C15H23N5. The maximum absolute atomic E-state index is 5.94. The summed E-state index contributed by atoms with van der Waals surface area (Å²) in [5, 5.41) is 4.38. The molecule has 2 aromatic rings. The molecule has 2 aromatic heterocycles. The van der Waals surface area contributed by atoms with E-state index in [-0.39, 0.29) is 6.04 Å². The van der Waals surface area contributed by atoms with E-state index in [0.29, 0.717) is 6.54 Å². The van der Waals surface area contributed by atoms with Gasteiger partial charge in [-0.3, -0.25) is 14.6 Å². The summed E-state index contributed by atoms with van der Waals surface area (Å²) in [5.41, 5.74) is 8.16. The van der Waals surface area contributed by atoms with Crippen LogP contribution in [-0.4, -0.2) is 33.3 Å². The molecule has 0 aliphatic rings. The van der Waals surface area contributed by atoms with Crippen LogP contribution in [0.15, 0.2) is 36.8 Å². The molecule has 5 nitrogen and oxygen atoms in total. The molecule has 0 fully saturated rings. The molecule has 2 rings (SSSR count). The highest BCUT2D eigenvalue weighted by Crippen LogP contribution is 2.19. The molecule has 0 aliphatic carbocycles. The van der Waals surface area contributed by atoms with Gasteiger partial charge < -0.3 is 5.73 Å². The molecule has 0 aromatic carbocycles. The van der Waals surface area contributed by atoms with Gasteiger partial charge in [0, 0.05) is 37.6 Å². The fourth-order valence-electron chi connectivity index (χ4n) is 2.33. The van der Waals surface area contributed by atoms with E-state index < -0.39 is 0 Å². The molecule has 1 unspecified atom stereocenters. The van der Waals surface area contributed by atoms with Crippen LogP contribution in [0, 0.1) is 0 Å². The van der Waals surface area contributed by atoms with E-state index in [1.54, 1.807) is 0 Å². The van der Waals surface area contributed by atoms with Gasteiger partial charge in [0.1, 0.15) is 0 Å². The second-order valence-corrected chi connectivity index (χ2v) is 5.02. The van der Waals surface area contributed by atoms with Gasteiger partial charge in [-0.05, 0) is 25.6 Å². The van der Waals surface area contributed by atoms with E-state index >= 15 is 0 Å². The van der Waals surface area contributed by atoms with Crippen molar-refractivity contribution in [3.05, 3.63) is 48.0 Å². The standard InChI is InChI=1S/C15H23N5/c1-3-8-20-11-13(10-18-20)15(9-16)19(2)12-14-6-4-5-7-17-14/h4-7,10-11,15H,3,8-9,12,16H2,1-2H3. The molecule has 0 radical (unpaired) electrons. The van der Waals surface area contributed by atoms with Gasteiger partial charge in [-0.15, -0.1) is 0 Å². The van der Waals surface area contributed by atoms with Gasteiger partial charge >= 0.3 is 0 Å². The van der Waals surface area contributed by atoms with E-state index in [0.717, 1.165) is 25.2 Å². The van der Waals surface area contributed by atoms with Crippen LogP contribution in [0.3, 0.4) is 0 Å². The fourth-order valence-corrected chi connectivity index (χ4v) is 2.33. The van der Waals surface area contributed by atoms with Crippen LogP contribution in [0.2, 0.25) is 0 Å². The molecule has 0 bridgehead atoms. The van der Waals surface area contributed by atoms with E-state index in [2.05, 4.69) is 35.2 Å². The van der Waals surface area contributed by atoms with Crippen molar-refractivity contribution < 1.29 is 0 Å².